The van der Waals surface area contributed by atoms with Gasteiger partial charge in [0.2, 0.25) is 5.91 Å². The fraction of sp³-hybridized carbons (Fsp3) is 0.500. The Balaban J connectivity index is 1.58. The molecular weight excluding hydrogens is 394 g/mol. The van der Waals surface area contributed by atoms with E-state index in [9.17, 15) is 14.4 Å². The van der Waals surface area contributed by atoms with E-state index >= 15 is 0 Å². The number of carbonyl (C=O) groups is 3. The van der Waals surface area contributed by atoms with Crippen LogP contribution in [-0.2, 0) is 19.1 Å². The molecule has 156 valence electrons. The lowest BCUT2D eigenvalue weighted by Crippen LogP contribution is -2.60. The maximum atomic E-state index is 12.4. The summed E-state index contributed by atoms with van der Waals surface area (Å²) in [6.07, 6.45) is 1.58. The van der Waals surface area contributed by atoms with Gasteiger partial charge in [-0.05, 0) is 44.1 Å². The van der Waals surface area contributed by atoms with E-state index in [1.165, 1.54) is 0 Å². The molecule has 2 aliphatic rings. The average Bonchev–Trinajstić information content (AvgIpc) is 3.22. The highest BCUT2D eigenvalue weighted by atomic mass is 32.1. The van der Waals surface area contributed by atoms with Crippen LogP contribution in [0.15, 0.2) is 24.3 Å². The van der Waals surface area contributed by atoms with Crippen molar-refractivity contribution in [2.24, 2.45) is 0 Å². The molecule has 0 aromatic heterocycles. The number of benzene rings is 1. The van der Waals surface area contributed by atoms with E-state index in [0.29, 0.717) is 25.3 Å². The largest absolute Gasteiger partial charge is 0.463 e. The third-order valence-electron chi connectivity index (χ3n) is 4.94. The van der Waals surface area contributed by atoms with Crippen LogP contribution in [-0.4, -0.2) is 66.2 Å². The molecule has 0 bridgehead atoms. The molecule has 0 radical (unpaired) electrons. The maximum Gasteiger partial charge on any atom is 0.308 e. The van der Waals surface area contributed by atoms with Gasteiger partial charge in [0.05, 0.1) is 12.5 Å². The van der Waals surface area contributed by atoms with Gasteiger partial charge in [-0.3, -0.25) is 19.7 Å². The van der Waals surface area contributed by atoms with Crippen molar-refractivity contribution < 1.29 is 23.9 Å². The molecule has 8 nitrogen and oxygen atoms in total. The second-order valence-corrected chi connectivity index (χ2v) is 7.53. The highest BCUT2D eigenvalue weighted by molar-refractivity contribution is 7.80. The molecule has 0 aliphatic carbocycles. The van der Waals surface area contributed by atoms with Crippen LogP contribution in [0.3, 0.4) is 0 Å². The quantitative estimate of drug-likeness (QED) is 0.541. The van der Waals surface area contributed by atoms with Crippen LogP contribution >= 0.6 is 12.2 Å². The van der Waals surface area contributed by atoms with Crippen LogP contribution in [0.1, 0.15) is 35.2 Å². The Morgan fingerprint density at radius 2 is 2.10 bits per heavy atom. The smallest absolute Gasteiger partial charge is 0.308 e. The van der Waals surface area contributed by atoms with Crippen molar-refractivity contribution in [2.45, 2.75) is 38.3 Å². The zero-order valence-corrected chi connectivity index (χ0v) is 17.1. The Bertz CT molecular complexity index is 777. The third-order valence-corrected chi connectivity index (χ3v) is 5.28. The Morgan fingerprint density at radius 1 is 1.34 bits per heavy atom. The zero-order valence-electron chi connectivity index (χ0n) is 16.3. The van der Waals surface area contributed by atoms with Gasteiger partial charge in [-0.2, -0.15) is 0 Å². The first-order valence-corrected chi connectivity index (χ1v) is 10.1. The van der Waals surface area contributed by atoms with Gasteiger partial charge in [0.25, 0.3) is 5.91 Å². The van der Waals surface area contributed by atoms with Crippen molar-refractivity contribution in [3.05, 3.63) is 35.4 Å². The number of rotatable bonds is 5. The number of aryl methyl sites for hydroxylation is 1. The number of piperazine rings is 1. The van der Waals surface area contributed by atoms with Crippen molar-refractivity contribution >= 4 is 35.1 Å². The number of hydrogen-bond acceptors (Lipinski definition) is 6. The second kappa shape index (κ2) is 9.80. The van der Waals surface area contributed by atoms with E-state index in [-0.39, 0.29) is 36.1 Å². The number of nitrogens with one attached hydrogen (secondary N) is 2. The van der Waals surface area contributed by atoms with Crippen molar-refractivity contribution in [2.75, 3.05) is 26.3 Å². The van der Waals surface area contributed by atoms with Crippen LogP contribution in [0.25, 0.3) is 0 Å². The highest BCUT2D eigenvalue weighted by Gasteiger charge is 2.34. The standard InChI is InChI=1S/C20H25N3O5S/c1-13-4-6-14(7-5-13)18(25)22-20(29)23-9-8-21-19(26)16(23)11-17(24)28-12-15-3-2-10-27-15/h4-7,15-16H,2-3,8-12H2,1H3,(H,21,26)(H,22,25,29). The van der Waals surface area contributed by atoms with Crippen LogP contribution in [0.4, 0.5) is 0 Å². The van der Waals surface area contributed by atoms with Gasteiger partial charge in [0.15, 0.2) is 5.11 Å². The molecule has 2 N–H and O–H groups in total. The lowest BCUT2D eigenvalue weighted by Gasteiger charge is -2.36. The summed E-state index contributed by atoms with van der Waals surface area (Å²) >= 11 is 5.35. The minimum absolute atomic E-state index is 0.0786. The predicted octanol–water partition coefficient (Wildman–Crippen LogP) is 0.922. The number of hydrogen-bond donors (Lipinski definition) is 2. The minimum Gasteiger partial charge on any atom is -0.463 e. The van der Waals surface area contributed by atoms with Gasteiger partial charge in [0.1, 0.15) is 12.6 Å². The molecule has 9 heteroatoms. The van der Waals surface area contributed by atoms with Gasteiger partial charge < -0.3 is 19.7 Å². The first kappa shape index (κ1) is 21.2. The SMILES string of the molecule is Cc1ccc(C(=O)NC(=S)N2CCNC(=O)C2CC(=O)OCC2CCCO2)cc1. The molecule has 3 rings (SSSR count). The maximum absolute atomic E-state index is 12.4. The number of ether oxygens (including phenoxy) is 2. The van der Waals surface area contributed by atoms with Crippen LogP contribution in [0, 0.1) is 6.92 Å². The number of esters is 1. The summed E-state index contributed by atoms with van der Waals surface area (Å²) in [5, 5.41) is 5.49. The Labute approximate surface area is 174 Å². The number of amides is 2. The lowest BCUT2D eigenvalue weighted by atomic mass is 10.1. The summed E-state index contributed by atoms with van der Waals surface area (Å²) < 4.78 is 10.7. The fourth-order valence-electron chi connectivity index (χ4n) is 3.29. The second-order valence-electron chi connectivity index (χ2n) is 7.15. The molecule has 1 aromatic rings. The lowest BCUT2D eigenvalue weighted by molar-refractivity contribution is -0.150. The monoisotopic (exact) mass is 419 g/mol. The predicted molar refractivity (Wildman–Crippen MR) is 109 cm³/mol. The molecule has 2 unspecified atom stereocenters. The van der Waals surface area contributed by atoms with Gasteiger partial charge in [-0.15, -0.1) is 0 Å². The molecule has 2 saturated heterocycles. The molecule has 2 aliphatic heterocycles. The van der Waals surface area contributed by atoms with Crippen molar-refractivity contribution in [3.8, 4) is 0 Å². The van der Waals surface area contributed by atoms with Crippen LogP contribution in [0.2, 0.25) is 0 Å². The Kier molecular flexibility index (Phi) is 7.16. The molecule has 2 fully saturated rings. The summed E-state index contributed by atoms with van der Waals surface area (Å²) in [5.41, 5.74) is 1.50. The van der Waals surface area contributed by atoms with E-state index in [0.717, 1.165) is 18.4 Å². The summed E-state index contributed by atoms with van der Waals surface area (Å²) in [5.74, 6) is -1.18. The van der Waals surface area contributed by atoms with E-state index in [1.807, 2.05) is 19.1 Å². The fourth-order valence-corrected chi connectivity index (χ4v) is 3.60. The van der Waals surface area contributed by atoms with E-state index in [1.54, 1.807) is 17.0 Å². The molecule has 29 heavy (non-hydrogen) atoms. The molecule has 1 aromatic carbocycles. The number of thiocarbonyl (C=S) groups is 1. The summed E-state index contributed by atoms with van der Waals surface area (Å²) in [4.78, 5) is 38.6. The Morgan fingerprint density at radius 3 is 2.79 bits per heavy atom. The topological polar surface area (TPSA) is 97.0 Å². The summed E-state index contributed by atoms with van der Waals surface area (Å²) in [6, 6.07) is 6.25. The van der Waals surface area contributed by atoms with Crippen molar-refractivity contribution in [1.29, 1.82) is 0 Å². The van der Waals surface area contributed by atoms with Gasteiger partial charge in [0, 0.05) is 25.3 Å². The normalized spacial score (nSPS) is 21.4. The van der Waals surface area contributed by atoms with E-state index < -0.39 is 12.0 Å². The molecule has 2 amide bonds. The van der Waals surface area contributed by atoms with Gasteiger partial charge in [-0.25, -0.2) is 0 Å². The molecule has 0 saturated carbocycles. The van der Waals surface area contributed by atoms with Crippen LogP contribution in [0.5, 0.6) is 0 Å². The van der Waals surface area contributed by atoms with Gasteiger partial charge in [-0.1, -0.05) is 17.7 Å². The highest BCUT2D eigenvalue weighted by Crippen LogP contribution is 2.14. The van der Waals surface area contributed by atoms with Gasteiger partial charge >= 0.3 is 5.97 Å². The molecule has 2 atom stereocenters. The number of nitrogens with zero attached hydrogens (tertiary/aromatic N) is 1. The minimum atomic E-state index is -0.827. The third kappa shape index (κ3) is 5.74. The Hall–Kier alpha value is -2.52. The van der Waals surface area contributed by atoms with E-state index in [4.69, 9.17) is 21.7 Å². The summed E-state index contributed by atoms with van der Waals surface area (Å²) in [7, 11) is 0. The molecule has 2 heterocycles. The zero-order chi connectivity index (χ0) is 20.8. The molecular formula is C20H25N3O5S. The first-order valence-electron chi connectivity index (χ1n) is 9.67. The van der Waals surface area contributed by atoms with Crippen LogP contribution < -0.4 is 10.6 Å². The average molecular weight is 420 g/mol. The van der Waals surface area contributed by atoms with Crippen molar-refractivity contribution in [1.82, 2.24) is 15.5 Å². The molecule has 0 spiro atoms. The van der Waals surface area contributed by atoms with Crippen molar-refractivity contribution in [3.63, 3.8) is 0 Å². The van der Waals surface area contributed by atoms with E-state index in [2.05, 4.69) is 10.6 Å². The first-order chi connectivity index (χ1) is 13.9. The number of carbonyl (C=O) groups excluding carboxylic acids is 3. The summed E-state index contributed by atoms with van der Waals surface area (Å²) in [6.45, 7) is 3.56.